The average molecular weight is 261 g/mol. The third-order valence-electron chi connectivity index (χ3n) is 2.38. The Labute approximate surface area is 105 Å². The molecule has 1 unspecified atom stereocenters. The minimum Gasteiger partial charge on any atom is -0.493 e. The van der Waals surface area contributed by atoms with Crippen molar-refractivity contribution in [3.8, 4) is 5.75 Å². The summed E-state index contributed by atoms with van der Waals surface area (Å²) in [7, 11) is 0. The summed E-state index contributed by atoms with van der Waals surface area (Å²) in [6.45, 7) is 1.94. The van der Waals surface area contributed by atoms with Gasteiger partial charge in [0.05, 0.1) is 6.61 Å². The van der Waals surface area contributed by atoms with Crippen molar-refractivity contribution in [1.29, 1.82) is 0 Å². The van der Waals surface area contributed by atoms with Gasteiger partial charge in [-0.2, -0.15) is 13.2 Å². The predicted octanol–water partition coefficient (Wildman–Crippen LogP) is 3.30. The van der Waals surface area contributed by atoms with Crippen LogP contribution in [0.25, 0.3) is 0 Å². The molecule has 102 valence electrons. The van der Waals surface area contributed by atoms with Crippen LogP contribution in [-0.4, -0.2) is 18.8 Å². The Morgan fingerprint density at radius 2 is 1.94 bits per heavy atom. The molecule has 18 heavy (non-hydrogen) atoms. The van der Waals surface area contributed by atoms with Gasteiger partial charge in [-0.1, -0.05) is 18.2 Å². The van der Waals surface area contributed by atoms with Crippen LogP contribution in [0, 0.1) is 0 Å². The lowest BCUT2D eigenvalue weighted by molar-refractivity contribution is -0.136. The number of hydrogen-bond acceptors (Lipinski definition) is 2. The first-order valence-electron chi connectivity index (χ1n) is 5.91. The first-order chi connectivity index (χ1) is 8.38. The third-order valence-corrected chi connectivity index (χ3v) is 2.38. The van der Waals surface area contributed by atoms with E-state index in [1.165, 1.54) is 0 Å². The van der Waals surface area contributed by atoms with Gasteiger partial charge in [-0.3, -0.25) is 0 Å². The monoisotopic (exact) mass is 261 g/mol. The maximum absolute atomic E-state index is 12.0. The normalized spacial score (nSPS) is 13.4. The zero-order chi connectivity index (χ0) is 13.6. The second kappa shape index (κ2) is 6.64. The molecule has 1 atom stereocenters. The van der Waals surface area contributed by atoms with Gasteiger partial charge in [-0.15, -0.1) is 0 Å². The van der Waals surface area contributed by atoms with Crippen molar-refractivity contribution in [3.63, 3.8) is 0 Å². The van der Waals surface area contributed by atoms with Crippen molar-refractivity contribution < 1.29 is 17.9 Å². The van der Waals surface area contributed by atoms with Crippen LogP contribution in [0.1, 0.15) is 25.3 Å². The van der Waals surface area contributed by atoms with Crippen LogP contribution < -0.4 is 10.5 Å². The second-order valence-electron chi connectivity index (χ2n) is 4.36. The van der Waals surface area contributed by atoms with Gasteiger partial charge in [-0.25, -0.2) is 0 Å². The zero-order valence-corrected chi connectivity index (χ0v) is 10.3. The number of benzene rings is 1. The van der Waals surface area contributed by atoms with Gasteiger partial charge in [-0.05, 0) is 31.4 Å². The van der Waals surface area contributed by atoms with Gasteiger partial charge >= 0.3 is 6.18 Å². The van der Waals surface area contributed by atoms with Crippen LogP contribution >= 0.6 is 0 Å². The van der Waals surface area contributed by atoms with Gasteiger partial charge in [0.25, 0.3) is 0 Å². The van der Waals surface area contributed by atoms with E-state index in [2.05, 4.69) is 0 Å². The van der Waals surface area contributed by atoms with Crippen molar-refractivity contribution >= 4 is 0 Å². The molecular weight excluding hydrogens is 243 g/mol. The summed E-state index contributed by atoms with van der Waals surface area (Å²) in [5.74, 6) is 0.622. The Bertz CT molecular complexity index is 363. The van der Waals surface area contributed by atoms with Crippen molar-refractivity contribution in [2.24, 2.45) is 5.73 Å². The van der Waals surface area contributed by atoms with E-state index in [1.807, 2.05) is 19.1 Å². The van der Waals surface area contributed by atoms with E-state index in [-0.39, 0.29) is 19.1 Å². The molecule has 0 aliphatic heterocycles. The van der Waals surface area contributed by atoms with Gasteiger partial charge < -0.3 is 10.5 Å². The first-order valence-corrected chi connectivity index (χ1v) is 5.91. The highest BCUT2D eigenvalue weighted by atomic mass is 19.4. The van der Waals surface area contributed by atoms with Crippen molar-refractivity contribution in [1.82, 2.24) is 0 Å². The van der Waals surface area contributed by atoms with E-state index in [9.17, 15) is 13.2 Å². The highest BCUT2D eigenvalue weighted by molar-refractivity contribution is 5.33. The van der Waals surface area contributed by atoms with E-state index >= 15 is 0 Å². The molecule has 5 heteroatoms. The van der Waals surface area contributed by atoms with Crippen molar-refractivity contribution in [3.05, 3.63) is 29.8 Å². The maximum Gasteiger partial charge on any atom is 0.389 e. The highest BCUT2D eigenvalue weighted by Gasteiger charge is 2.26. The summed E-state index contributed by atoms with van der Waals surface area (Å²) < 4.78 is 41.3. The lowest BCUT2D eigenvalue weighted by Crippen LogP contribution is -2.18. The molecule has 0 spiro atoms. The van der Waals surface area contributed by atoms with Crippen molar-refractivity contribution in [2.75, 3.05) is 6.61 Å². The Hall–Kier alpha value is -1.23. The van der Waals surface area contributed by atoms with Crippen molar-refractivity contribution in [2.45, 2.75) is 38.4 Å². The van der Waals surface area contributed by atoms with E-state index < -0.39 is 12.6 Å². The summed E-state index contributed by atoms with van der Waals surface area (Å²) in [6.07, 6.45) is -4.32. The smallest absolute Gasteiger partial charge is 0.389 e. The van der Waals surface area contributed by atoms with Gasteiger partial charge in [0.15, 0.2) is 0 Å². The Morgan fingerprint density at radius 3 is 2.56 bits per heavy atom. The van der Waals surface area contributed by atoms with Gasteiger partial charge in [0.2, 0.25) is 0 Å². The van der Waals surface area contributed by atoms with Crippen LogP contribution in [0.2, 0.25) is 0 Å². The molecule has 0 bridgehead atoms. The summed E-state index contributed by atoms with van der Waals surface area (Å²) >= 11 is 0. The summed E-state index contributed by atoms with van der Waals surface area (Å²) in [5.41, 5.74) is 6.63. The minimum atomic E-state index is -4.12. The first kappa shape index (κ1) is 14.8. The van der Waals surface area contributed by atoms with Gasteiger partial charge in [0, 0.05) is 12.5 Å². The number of para-hydroxylation sites is 1. The summed E-state index contributed by atoms with van der Waals surface area (Å²) in [6, 6.07) is 7.28. The fraction of sp³-hybridized carbons (Fsp3) is 0.538. The molecule has 0 aliphatic rings. The third kappa shape index (κ3) is 5.91. The Morgan fingerprint density at radius 1 is 1.28 bits per heavy atom. The Kier molecular flexibility index (Phi) is 5.47. The number of hydrogen-bond donors (Lipinski definition) is 1. The fourth-order valence-electron chi connectivity index (χ4n) is 1.61. The van der Waals surface area contributed by atoms with Crippen LogP contribution in [0.4, 0.5) is 13.2 Å². The molecule has 1 rings (SSSR count). The van der Waals surface area contributed by atoms with E-state index in [0.717, 1.165) is 5.56 Å². The largest absolute Gasteiger partial charge is 0.493 e. The minimum absolute atomic E-state index is 0.00933. The summed E-state index contributed by atoms with van der Waals surface area (Å²) in [4.78, 5) is 0. The average Bonchev–Trinajstić information content (AvgIpc) is 2.24. The number of alkyl halides is 3. The standard InChI is InChI=1S/C13H18F3NO/c1-10(17)9-11-5-2-3-6-12(11)18-8-4-7-13(14,15)16/h2-3,5-6,10H,4,7-9,17H2,1H3. The maximum atomic E-state index is 12.0. The van der Waals surface area contributed by atoms with Crippen LogP contribution in [0.3, 0.4) is 0 Å². The number of nitrogens with two attached hydrogens (primary N) is 1. The SMILES string of the molecule is CC(N)Cc1ccccc1OCCCC(F)(F)F. The summed E-state index contributed by atoms with van der Waals surface area (Å²) in [5, 5.41) is 0. The Balaban J connectivity index is 2.46. The van der Waals surface area contributed by atoms with E-state index in [4.69, 9.17) is 10.5 Å². The molecular formula is C13H18F3NO. The van der Waals surface area contributed by atoms with Crippen LogP contribution in [0.5, 0.6) is 5.75 Å². The number of ether oxygens (including phenoxy) is 1. The topological polar surface area (TPSA) is 35.2 Å². The van der Waals surface area contributed by atoms with Crippen LogP contribution in [-0.2, 0) is 6.42 Å². The van der Waals surface area contributed by atoms with E-state index in [0.29, 0.717) is 12.2 Å². The quantitative estimate of drug-likeness (QED) is 0.797. The number of halogens is 3. The predicted molar refractivity (Wildman–Crippen MR) is 64.6 cm³/mol. The lowest BCUT2D eigenvalue weighted by Gasteiger charge is -2.13. The van der Waals surface area contributed by atoms with E-state index in [1.54, 1.807) is 12.1 Å². The lowest BCUT2D eigenvalue weighted by atomic mass is 10.1. The van der Waals surface area contributed by atoms with Gasteiger partial charge in [0.1, 0.15) is 5.75 Å². The van der Waals surface area contributed by atoms with Crippen LogP contribution in [0.15, 0.2) is 24.3 Å². The molecule has 1 aromatic carbocycles. The molecule has 2 N–H and O–H groups in total. The molecule has 0 aromatic heterocycles. The molecule has 0 aliphatic carbocycles. The highest BCUT2D eigenvalue weighted by Crippen LogP contribution is 2.23. The molecule has 0 radical (unpaired) electrons. The molecule has 0 amide bonds. The molecule has 1 aromatic rings. The molecule has 2 nitrogen and oxygen atoms in total. The zero-order valence-electron chi connectivity index (χ0n) is 10.3. The molecule has 0 saturated heterocycles. The molecule has 0 fully saturated rings. The molecule has 0 saturated carbocycles. The second-order valence-corrected chi connectivity index (χ2v) is 4.36. The molecule has 0 heterocycles. The number of rotatable bonds is 6. The fourth-order valence-corrected chi connectivity index (χ4v) is 1.61.